The lowest BCUT2D eigenvalue weighted by atomic mass is 10.1. The zero-order valence-corrected chi connectivity index (χ0v) is 8.46. The van der Waals surface area contributed by atoms with Gasteiger partial charge in [-0.25, -0.2) is 0 Å². The minimum atomic E-state index is 0.909. The molecule has 2 nitrogen and oxygen atoms in total. The molecule has 0 atom stereocenters. The highest BCUT2D eigenvalue weighted by molar-refractivity contribution is 5.46. The molecule has 0 saturated carbocycles. The lowest BCUT2D eigenvalue weighted by Gasteiger charge is -2.14. The van der Waals surface area contributed by atoms with E-state index in [0.717, 1.165) is 25.2 Å². The number of para-hydroxylation sites is 1. The Morgan fingerprint density at radius 1 is 1.31 bits per heavy atom. The van der Waals surface area contributed by atoms with Crippen LogP contribution >= 0.6 is 0 Å². The summed E-state index contributed by atoms with van der Waals surface area (Å²) >= 11 is 0. The fourth-order valence-corrected chi connectivity index (χ4v) is 1.23. The minimum Gasteiger partial charge on any atom is -0.399 e. The van der Waals surface area contributed by atoms with Crippen molar-refractivity contribution in [2.24, 2.45) is 0 Å². The standard InChI is InChI=1S/C11H18N2/c1-3-13(2)9-8-10-6-4-5-7-11(10)12/h4-7H,3,8-9,12H2,1-2H3. The van der Waals surface area contributed by atoms with E-state index in [1.54, 1.807) is 0 Å². The lowest BCUT2D eigenvalue weighted by Crippen LogP contribution is -2.20. The Balaban J connectivity index is 2.50. The molecule has 0 aliphatic heterocycles. The summed E-state index contributed by atoms with van der Waals surface area (Å²) in [5.41, 5.74) is 7.99. The molecule has 2 heteroatoms. The van der Waals surface area contributed by atoms with E-state index >= 15 is 0 Å². The molecular weight excluding hydrogens is 160 g/mol. The van der Waals surface area contributed by atoms with Gasteiger partial charge in [0.2, 0.25) is 0 Å². The monoisotopic (exact) mass is 178 g/mol. The predicted octanol–water partition coefficient (Wildman–Crippen LogP) is 1.76. The van der Waals surface area contributed by atoms with Crippen molar-refractivity contribution in [2.45, 2.75) is 13.3 Å². The van der Waals surface area contributed by atoms with Crippen molar-refractivity contribution in [3.8, 4) is 0 Å². The van der Waals surface area contributed by atoms with Crippen molar-refractivity contribution in [3.05, 3.63) is 29.8 Å². The van der Waals surface area contributed by atoms with Crippen LogP contribution in [0.3, 0.4) is 0 Å². The highest BCUT2D eigenvalue weighted by atomic mass is 15.1. The third-order valence-corrected chi connectivity index (χ3v) is 2.36. The number of nitrogens with two attached hydrogens (primary N) is 1. The van der Waals surface area contributed by atoms with Gasteiger partial charge in [0.15, 0.2) is 0 Å². The van der Waals surface area contributed by atoms with E-state index in [1.807, 2.05) is 18.2 Å². The van der Waals surface area contributed by atoms with E-state index in [4.69, 9.17) is 5.73 Å². The van der Waals surface area contributed by atoms with Crippen LogP contribution in [0.25, 0.3) is 0 Å². The van der Waals surface area contributed by atoms with E-state index < -0.39 is 0 Å². The molecule has 13 heavy (non-hydrogen) atoms. The average molecular weight is 178 g/mol. The van der Waals surface area contributed by atoms with Gasteiger partial charge in [0, 0.05) is 12.2 Å². The fourth-order valence-electron chi connectivity index (χ4n) is 1.23. The number of nitrogens with zero attached hydrogens (tertiary/aromatic N) is 1. The quantitative estimate of drug-likeness (QED) is 0.712. The summed E-state index contributed by atoms with van der Waals surface area (Å²) in [6, 6.07) is 8.07. The minimum absolute atomic E-state index is 0.909. The Labute approximate surface area is 80.4 Å². The zero-order chi connectivity index (χ0) is 9.68. The van der Waals surface area contributed by atoms with E-state index in [0.29, 0.717) is 0 Å². The second-order valence-corrected chi connectivity index (χ2v) is 3.34. The molecule has 0 saturated heterocycles. The number of anilines is 1. The second-order valence-electron chi connectivity index (χ2n) is 3.34. The Morgan fingerprint density at radius 3 is 2.62 bits per heavy atom. The molecule has 0 heterocycles. The molecule has 0 aromatic heterocycles. The first kappa shape index (κ1) is 10.1. The maximum absolute atomic E-state index is 5.83. The van der Waals surface area contributed by atoms with Gasteiger partial charge in [0.25, 0.3) is 0 Å². The van der Waals surface area contributed by atoms with Crippen LogP contribution in [0, 0.1) is 0 Å². The molecule has 0 spiro atoms. The van der Waals surface area contributed by atoms with Crippen molar-refractivity contribution < 1.29 is 0 Å². The Bertz CT molecular complexity index is 258. The highest BCUT2D eigenvalue weighted by Crippen LogP contribution is 2.10. The van der Waals surface area contributed by atoms with Crippen LogP contribution in [-0.4, -0.2) is 25.0 Å². The van der Waals surface area contributed by atoms with Gasteiger partial charge in [-0.2, -0.15) is 0 Å². The molecular formula is C11H18N2. The van der Waals surface area contributed by atoms with Crippen molar-refractivity contribution in [3.63, 3.8) is 0 Å². The summed E-state index contributed by atoms with van der Waals surface area (Å²) in [5, 5.41) is 0. The van der Waals surface area contributed by atoms with Crippen molar-refractivity contribution in [1.29, 1.82) is 0 Å². The van der Waals surface area contributed by atoms with Crippen molar-refractivity contribution in [2.75, 3.05) is 25.9 Å². The smallest absolute Gasteiger partial charge is 0.0347 e. The zero-order valence-electron chi connectivity index (χ0n) is 8.46. The number of rotatable bonds is 4. The van der Waals surface area contributed by atoms with Crippen LogP contribution in [0.5, 0.6) is 0 Å². The Kier molecular flexibility index (Phi) is 3.77. The molecule has 1 aromatic rings. The first-order chi connectivity index (χ1) is 6.24. The van der Waals surface area contributed by atoms with Crippen LogP contribution in [0.1, 0.15) is 12.5 Å². The van der Waals surface area contributed by atoms with Gasteiger partial charge in [0.1, 0.15) is 0 Å². The van der Waals surface area contributed by atoms with E-state index in [1.165, 1.54) is 5.56 Å². The third kappa shape index (κ3) is 3.07. The molecule has 0 radical (unpaired) electrons. The van der Waals surface area contributed by atoms with Crippen molar-refractivity contribution >= 4 is 5.69 Å². The molecule has 2 N–H and O–H groups in total. The average Bonchev–Trinajstić information content (AvgIpc) is 2.16. The second kappa shape index (κ2) is 4.87. The lowest BCUT2D eigenvalue weighted by molar-refractivity contribution is 0.358. The van der Waals surface area contributed by atoms with Crippen LogP contribution in [0.2, 0.25) is 0 Å². The molecule has 0 aliphatic rings. The van der Waals surface area contributed by atoms with Gasteiger partial charge in [-0.05, 0) is 31.6 Å². The summed E-state index contributed by atoms with van der Waals surface area (Å²) in [4.78, 5) is 2.28. The van der Waals surface area contributed by atoms with Crippen LogP contribution in [0.15, 0.2) is 24.3 Å². The molecule has 72 valence electrons. The van der Waals surface area contributed by atoms with Crippen LogP contribution in [-0.2, 0) is 6.42 Å². The summed E-state index contributed by atoms with van der Waals surface area (Å²) in [7, 11) is 2.12. The Hall–Kier alpha value is -1.02. The maximum Gasteiger partial charge on any atom is 0.0347 e. The molecule has 0 bridgehead atoms. The van der Waals surface area contributed by atoms with Gasteiger partial charge in [0.05, 0.1) is 0 Å². The fraction of sp³-hybridized carbons (Fsp3) is 0.455. The summed E-state index contributed by atoms with van der Waals surface area (Å²) < 4.78 is 0. The van der Waals surface area contributed by atoms with Gasteiger partial charge in [-0.3, -0.25) is 0 Å². The molecule has 0 amide bonds. The molecule has 0 fully saturated rings. The van der Waals surface area contributed by atoms with E-state index in [-0.39, 0.29) is 0 Å². The van der Waals surface area contributed by atoms with Gasteiger partial charge in [-0.1, -0.05) is 25.1 Å². The van der Waals surface area contributed by atoms with E-state index in [9.17, 15) is 0 Å². The van der Waals surface area contributed by atoms with E-state index in [2.05, 4.69) is 24.9 Å². The largest absolute Gasteiger partial charge is 0.399 e. The van der Waals surface area contributed by atoms with Crippen LogP contribution < -0.4 is 5.73 Å². The predicted molar refractivity (Wildman–Crippen MR) is 57.7 cm³/mol. The first-order valence-corrected chi connectivity index (χ1v) is 4.76. The number of hydrogen-bond donors (Lipinski definition) is 1. The molecule has 0 unspecified atom stereocenters. The highest BCUT2D eigenvalue weighted by Gasteiger charge is 1.99. The normalized spacial score (nSPS) is 10.7. The SMILES string of the molecule is CCN(C)CCc1ccccc1N. The Morgan fingerprint density at radius 2 is 2.00 bits per heavy atom. The van der Waals surface area contributed by atoms with Gasteiger partial charge >= 0.3 is 0 Å². The third-order valence-electron chi connectivity index (χ3n) is 2.36. The molecule has 1 rings (SSSR count). The number of nitrogen functional groups attached to an aromatic ring is 1. The van der Waals surface area contributed by atoms with Crippen molar-refractivity contribution in [1.82, 2.24) is 4.90 Å². The number of benzene rings is 1. The summed E-state index contributed by atoms with van der Waals surface area (Å²) in [6.45, 7) is 4.33. The first-order valence-electron chi connectivity index (χ1n) is 4.76. The van der Waals surface area contributed by atoms with Crippen LogP contribution in [0.4, 0.5) is 5.69 Å². The van der Waals surface area contributed by atoms with Gasteiger partial charge < -0.3 is 10.6 Å². The summed E-state index contributed by atoms with van der Waals surface area (Å²) in [6.07, 6.45) is 1.04. The summed E-state index contributed by atoms with van der Waals surface area (Å²) in [5.74, 6) is 0. The number of likely N-dealkylation sites (N-methyl/N-ethyl adjacent to an activating group) is 1. The molecule has 1 aromatic carbocycles. The molecule has 0 aliphatic carbocycles. The van der Waals surface area contributed by atoms with Gasteiger partial charge in [-0.15, -0.1) is 0 Å². The maximum atomic E-state index is 5.83. The topological polar surface area (TPSA) is 29.3 Å². The number of hydrogen-bond acceptors (Lipinski definition) is 2.